The SMILES string of the molecule is CCCCC(CC)CCC(CNCC)c1ccccc1. The first kappa shape index (κ1) is 17.2. The van der Waals surface area contributed by atoms with Gasteiger partial charge in [0.2, 0.25) is 0 Å². The topological polar surface area (TPSA) is 12.0 Å². The number of nitrogens with one attached hydrogen (secondary N) is 1. The van der Waals surface area contributed by atoms with E-state index in [2.05, 4.69) is 56.4 Å². The van der Waals surface area contributed by atoms with Crippen LogP contribution in [0.1, 0.15) is 70.8 Å². The predicted molar refractivity (Wildman–Crippen MR) is 90.3 cm³/mol. The summed E-state index contributed by atoms with van der Waals surface area (Å²) in [4.78, 5) is 0. The summed E-state index contributed by atoms with van der Waals surface area (Å²) in [5.74, 6) is 1.59. The van der Waals surface area contributed by atoms with Crippen molar-refractivity contribution in [2.45, 2.75) is 65.2 Å². The molecule has 0 aliphatic heterocycles. The van der Waals surface area contributed by atoms with E-state index in [1.165, 1.54) is 44.1 Å². The van der Waals surface area contributed by atoms with Crippen molar-refractivity contribution in [3.63, 3.8) is 0 Å². The minimum atomic E-state index is 0.673. The van der Waals surface area contributed by atoms with Gasteiger partial charge in [-0.3, -0.25) is 0 Å². The Morgan fingerprint density at radius 3 is 2.30 bits per heavy atom. The number of hydrogen-bond donors (Lipinski definition) is 1. The molecule has 1 aromatic rings. The summed E-state index contributed by atoms with van der Waals surface area (Å²) in [5, 5.41) is 3.53. The molecular formula is C19H33N. The molecule has 0 fully saturated rings. The van der Waals surface area contributed by atoms with Crippen LogP contribution in [0.2, 0.25) is 0 Å². The Kier molecular flexibility index (Phi) is 9.40. The third kappa shape index (κ3) is 6.56. The van der Waals surface area contributed by atoms with Crippen molar-refractivity contribution in [3.8, 4) is 0 Å². The Morgan fingerprint density at radius 1 is 0.950 bits per heavy atom. The monoisotopic (exact) mass is 275 g/mol. The molecule has 1 aromatic carbocycles. The lowest BCUT2D eigenvalue weighted by Crippen LogP contribution is -2.21. The summed E-state index contributed by atoms with van der Waals surface area (Å²) in [6, 6.07) is 11.0. The molecule has 2 atom stereocenters. The van der Waals surface area contributed by atoms with Crippen molar-refractivity contribution in [2.75, 3.05) is 13.1 Å². The molecular weight excluding hydrogens is 242 g/mol. The van der Waals surface area contributed by atoms with Crippen LogP contribution in [0.5, 0.6) is 0 Å². The number of likely N-dealkylation sites (N-methyl/N-ethyl adjacent to an activating group) is 1. The summed E-state index contributed by atoms with van der Waals surface area (Å²) in [6.07, 6.45) is 8.16. The third-order valence-electron chi connectivity index (χ3n) is 4.38. The average Bonchev–Trinajstić information content (AvgIpc) is 2.51. The molecule has 0 bridgehead atoms. The van der Waals surface area contributed by atoms with Crippen LogP contribution in [0.3, 0.4) is 0 Å². The van der Waals surface area contributed by atoms with E-state index in [9.17, 15) is 0 Å². The summed E-state index contributed by atoms with van der Waals surface area (Å²) < 4.78 is 0. The molecule has 2 unspecified atom stereocenters. The van der Waals surface area contributed by atoms with Gasteiger partial charge in [-0.15, -0.1) is 0 Å². The molecule has 0 aliphatic carbocycles. The quantitative estimate of drug-likeness (QED) is 0.572. The van der Waals surface area contributed by atoms with Crippen LogP contribution in [0.15, 0.2) is 30.3 Å². The highest BCUT2D eigenvalue weighted by Gasteiger charge is 2.14. The highest BCUT2D eigenvalue weighted by atomic mass is 14.8. The summed E-state index contributed by atoms with van der Waals surface area (Å²) in [6.45, 7) is 9.02. The zero-order chi connectivity index (χ0) is 14.6. The third-order valence-corrected chi connectivity index (χ3v) is 4.38. The normalized spacial score (nSPS) is 14.2. The van der Waals surface area contributed by atoms with Crippen molar-refractivity contribution in [1.82, 2.24) is 5.32 Å². The molecule has 0 heterocycles. The van der Waals surface area contributed by atoms with Crippen molar-refractivity contribution < 1.29 is 0 Å². The highest BCUT2D eigenvalue weighted by Crippen LogP contribution is 2.26. The van der Waals surface area contributed by atoms with Crippen molar-refractivity contribution >= 4 is 0 Å². The van der Waals surface area contributed by atoms with Crippen LogP contribution < -0.4 is 5.32 Å². The van der Waals surface area contributed by atoms with E-state index in [0.29, 0.717) is 5.92 Å². The van der Waals surface area contributed by atoms with Crippen LogP contribution >= 0.6 is 0 Å². The lowest BCUT2D eigenvalue weighted by molar-refractivity contribution is 0.387. The summed E-state index contributed by atoms with van der Waals surface area (Å²) in [7, 11) is 0. The van der Waals surface area contributed by atoms with Gasteiger partial charge in [0.05, 0.1) is 0 Å². The number of hydrogen-bond acceptors (Lipinski definition) is 1. The fourth-order valence-corrected chi connectivity index (χ4v) is 2.91. The highest BCUT2D eigenvalue weighted by molar-refractivity contribution is 5.19. The minimum Gasteiger partial charge on any atom is -0.316 e. The van der Waals surface area contributed by atoms with Gasteiger partial charge in [-0.2, -0.15) is 0 Å². The van der Waals surface area contributed by atoms with E-state index in [0.717, 1.165) is 19.0 Å². The van der Waals surface area contributed by atoms with E-state index in [1.807, 2.05) is 0 Å². The Bertz CT molecular complexity index is 320. The van der Waals surface area contributed by atoms with Crippen molar-refractivity contribution in [1.29, 1.82) is 0 Å². The maximum atomic E-state index is 3.53. The van der Waals surface area contributed by atoms with Crippen molar-refractivity contribution in [2.24, 2.45) is 5.92 Å². The number of unbranched alkanes of at least 4 members (excludes halogenated alkanes) is 1. The van der Waals surface area contributed by atoms with E-state index < -0.39 is 0 Å². The molecule has 1 N–H and O–H groups in total. The zero-order valence-electron chi connectivity index (χ0n) is 13.7. The van der Waals surface area contributed by atoms with Crippen LogP contribution in [0, 0.1) is 5.92 Å². The Labute approximate surface area is 126 Å². The molecule has 0 aromatic heterocycles. The maximum absolute atomic E-state index is 3.53. The Morgan fingerprint density at radius 2 is 1.70 bits per heavy atom. The van der Waals surface area contributed by atoms with Crippen LogP contribution in [-0.4, -0.2) is 13.1 Å². The van der Waals surface area contributed by atoms with Gasteiger partial charge in [0, 0.05) is 6.54 Å². The van der Waals surface area contributed by atoms with Crippen LogP contribution in [0.4, 0.5) is 0 Å². The molecule has 20 heavy (non-hydrogen) atoms. The van der Waals surface area contributed by atoms with E-state index in [4.69, 9.17) is 0 Å². The first-order chi connectivity index (χ1) is 9.81. The zero-order valence-corrected chi connectivity index (χ0v) is 13.7. The largest absolute Gasteiger partial charge is 0.316 e. The molecule has 0 spiro atoms. The van der Waals surface area contributed by atoms with E-state index in [1.54, 1.807) is 0 Å². The molecule has 0 saturated carbocycles. The fourth-order valence-electron chi connectivity index (χ4n) is 2.91. The second kappa shape index (κ2) is 10.9. The molecule has 0 saturated heterocycles. The number of rotatable bonds is 11. The van der Waals surface area contributed by atoms with Gasteiger partial charge in [-0.1, -0.05) is 76.8 Å². The van der Waals surface area contributed by atoms with Gasteiger partial charge in [0.25, 0.3) is 0 Å². The Hall–Kier alpha value is -0.820. The van der Waals surface area contributed by atoms with Gasteiger partial charge in [-0.25, -0.2) is 0 Å². The van der Waals surface area contributed by atoms with Crippen molar-refractivity contribution in [3.05, 3.63) is 35.9 Å². The minimum absolute atomic E-state index is 0.673. The van der Waals surface area contributed by atoms with Gasteiger partial charge >= 0.3 is 0 Å². The smallest absolute Gasteiger partial charge is 0.00200 e. The van der Waals surface area contributed by atoms with Gasteiger partial charge in [0.1, 0.15) is 0 Å². The van der Waals surface area contributed by atoms with Crippen LogP contribution in [0.25, 0.3) is 0 Å². The molecule has 0 aliphatic rings. The lowest BCUT2D eigenvalue weighted by Gasteiger charge is -2.21. The molecule has 1 rings (SSSR count). The van der Waals surface area contributed by atoms with Gasteiger partial charge in [-0.05, 0) is 36.8 Å². The van der Waals surface area contributed by atoms with E-state index >= 15 is 0 Å². The number of benzene rings is 1. The predicted octanol–water partition coefficient (Wildman–Crippen LogP) is 5.38. The van der Waals surface area contributed by atoms with Crippen LogP contribution in [-0.2, 0) is 0 Å². The Balaban J connectivity index is 2.51. The summed E-state index contributed by atoms with van der Waals surface area (Å²) in [5.41, 5.74) is 1.50. The lowest BCUT2D eigenvalue weighted by atomic mass is 9.87. The van der Waals surface area contributed by atoms with Gasteiger partial charge < -0.3 is 5.32 Å². The second-order valence-electron chi connectivity index (χ2n) is 5.91. The molecule has 1 nitrogen and oxygen atoms in total. The summed E-state index contributed by atoms with van der Waals surface area (Å²) >= 11 is 0. The average molecular weight is 275 g/mol. The van der Waals surface area contributed by atoms with Gasteiger partial charge in [0.15, 0.2) is 0 Å². The molecule has 1 heteroatoms. The standard InChI is InChI=1S/C19H33N/c1-4-7-11-17(5-2)14-15-19(16-20-6-3)18-12-9-8-10-13-18/h8-10,12-13,17,19-20H,4-7,11,14-16H2,1-3H3. The fraction of sp³-hybridized carbons (Fsp3) is 0.684. The molecule has 114 valence electrons. The second-order valence-corrected chi connectivity index (χ2v) is 5.91. The van der Waals surface area contributed by atoms with E-state index in [-0.39, 0.29) is 0 Å². The molecule has 0 amide bonds. The first-order valence-corrected chi connectivity index (χ1v) is 8.57. The molecule has 0 radical (unpaired) electrons. The first-order valence-electron chi connectivity index (χ1n) is 8.57. The maximum Gasteiger partial charge on any atom is 0.00200 e.